The molecule has 0 saturated carbocycles. The summed E-state index contributed by atoms with van der Waals surface area (Å²) >= 11 is 0. The van der Waals surface area contributed by atoms with Gasteiger partial charge in [-0.1, -0.05) is 0 Å². The zero-order chi connectivity index (χ0) is 17.3. The highest BCUT2D eigenvalue weighted by molar-refractivity contribution is 5.90. The molecule has 0 fully saturated rings. The number of aryl methyl sites for hydroxylation is 1. The predicted octanol–water partition coefficient (Wildman–Crippen LogP) is 3.77. The van der Waals surface area contributed by atoms with Gasteiger partial charge in [-0.3, -0.25) is 0 Å². The van der Waals surface area contributed by atoms with Crippen molar-refractivity contribution in [2.45, 2.75) is 57.3 Å². The molecule has 3 rings (SSSR count). The van der Waals surface area contributed by atoms with Gasteiger partial charge in [-0.15, -0.1) is 0 Å². The minimum absolute atomic E-state index is 0.0584. The molecule has 1 aromatic carbocycles. The molecule has 0 saturated heterocycles. The van der Waals surface area contributed by atoms with Gasteiger partial charge in [0.1, 0.15) is 17.3 Å². The van der Waals surface area contributed by atoms with Crippen molar-refractivity contribution >= 4 is 11.5 Å². The second-order valence-corrected chi connectivity index (χ2v) is 6.43. The van der Waals surface area contributed by atoms with E-state index in [2.05, 4.69) is 10.3 Å². The summed E-state index contributed by atoms with van der Waals surface area (Å²) in [6, 6.07) is 4.02. The molecule has 2 aliphatic rings. The maximum absolute atomic E-state index is 12.2. The number of hydrogen-bond acceptors (Lipinski definition) is 4. The van der Waals surface area contributed by atoms with E-state index in [1.165, 1.54) is 5.56 Å². The van der Waals surface area contributed by atoms with Crippen LogP contribution in [0.1, 0.15) is 49.8 Å². The maximum atomic E-state index is 12.2. The van der Waals surface area contributed by atoms with Crippen molar-refractivity contribution in [2.75, 3.05) is 6.54 Å². The van der Waals surface area contributed by atoms with Crippen molar-refractivity contribution in [3.63, 3.8) is 0 Å². The van der Waals surface area contributed by atoms with Crippen LogP contribution in [0.3, 0.4) is 0 Å². The zero-order valence-electron chi connectivity index (χ0n) is 13.6. The molecule has 0 unspecified atom stereocenters. The highest BCUT2D eigenvalue weighted by Gasteiger charge is 2.28. The highest BCUT2D eigenvalue weighted by atomic mass is 19.4. The largest absolute Gasteiger partial charge is 0.481 e. The van der Waals surface area contributed by atoms with Crippen LogP contribution in [0.5, 0.6) is 5.75 Å². The number of hydrogen-bond donors (Lipinski definition) is 2. The van der Waals surface area contributed by atoms with E-state index in [1.54, 1.807) is 0 Å². The van der Waals surface area contributed by atoms with Crippen LogP contribution in [-0.4, -0.2) is 24.7 Å². The maximum Gasteiger partial charge on any atom is 0.389 e. The summed E-state index contributed by atoms with van der Waals surface area (Å²) in [5.41, 5.74) is 8.82. The molecule has 7 heteroatoms. The molecule has 0 aromatic heterocycles. The quantitative estimate of drug-likeness (QED) is 0.820. The third-order valence-electron chi connectivity index (χ3n) is 4.53. The van der Waals surface area contributed by atoms with Gasteiger partial charge in [0, 0.05) is 12.5 Å². The summed E-state index contributed by atoms with van der Waals surface area (Å²) in [5.74, 6) is 1.17. The first-order chi connectivity index (χ1) is 11.3. The first kappa shape index (κ1) is 17.1. The second-order valence-electron chi connectivity index (χ2n) is 6.43. The fourth-order valence-electron chi connectivity index (χ4n) is 3.26. The third kappa shape index (κ3) is 3.83. The summed E-state index contributed by atoms with van der Waals surface area (Å²) in [5, 5.41) is 3.26. The molecule has 1 aliphatic carbocycles. The minimum atomic E-state index is -4.09. The molecule has 132 valence electrons. The van der Waals surface area contributed by atoms with Crippen LogP contribution in [0.15, 0.2) is 17.1 Å². The third-order valence-corrected chi connectivity index (χ3v) is 4.53. The number of benzene rings is 1. The highest BCUT2D eigenvalue weighted by Crippen LogP contribution is 2.40. The average Bonchev–Trinajstić information content (AvgIpc) is 2.50. The van der Waals surface area contributed by atoms with Crippen molar-refractivity contribution in [1.82, 2.24) is 5.32 Å². The lowest BCUT2D eigenvalue weighted by Crippen LogP contribution is -2.33. The van der Waals surface area contributed by atoms with E-state index in [1.807, 2.05) is 19.1 Å². The van der Waals surface area contributed by atoms with Crippen molar-refractivity contribution in [1.29, 1.82) is 0 Å². The van der Waals surface area contributed by atoms with Crippen LogP contribution in [-0.2, 0) is 6.42 Å². The lowest BCUT2D eigenvalue weighted by Gasteiger charge is -2.29. The van der Waals surface area contributed by atoms with Gasteiger partial charge in [0.25, 0.3) is 0 Å². The Morgan fingerprint density at radius 3 is 2.92 bits per heavy atom. The minimum Gasteiger partial charge on any atom is -0.481 e. The smallest absolute Gasteiger partial charge is 0.389 e. The van der Waals surface area contributed by atoms with Crippen molar-refractivity contribution in [3.8, 4) is 5.75 Å². The average molecular weight is 341 g/mol. The van der Waals surface area contributed by atoms with Gasteiger partial charge in [0.15, 0.2) is 6.10 Å². The van der Waals surface area contributed by atoms with Crippen molar-refractivity contribution in [2.24, 2.45) is 10.7 Å². The van der Waals surface area contributed by atoms with Gasteiger partial charge in [0.05, 0.1) is 0 Å². The molecular weight excluding hydrogens is 319 g/mol. The number of aliphatic imine (C=N–C) groups is 1. The SMILES string of the molecule is C[C@@H]1Oc2cc3c(cc2N=C1N)[C@H](NCCCC(F)(F)F)CCC3. The van der Waals surface area contributed by atoms with Crippen LogP contribution in [0.4, 0.5) is 18.9 Å². The number of nitrogens with two attached hydrogens (primary N) is 1. The van der Waals surface area contributed by atoms with E-state index >= 15 is 0 Å². The molecular formula is C17H22F3N3O. The first-order valence-corrected chi connectivity index (χ1v) is 8.31. The molecule has 0 radical (unpaired) electrons. The lowest BCUT2D eigenvalue weighted by molar-refractivity contribution is -0.135. The van der Waals surface area contributed by atoms with E-state index in [0.29, 0.717) is 18.1 Å². The summed E-state index contributed by atoms with van der Waals surface area (Å²) < 4.78 is 42.5. The Hall–Kier alpha value is -1.76. The molecule has 1 heterocycles. The Bertz CT molecular complexity index is 643. The molecule has 1 aromatic rings. The number of halogens is 3. The molecule has 4 nitrogen and oxygen atoms in total. The second kappa shape index (κ2) is 6.63. The summed E-state index contributed by atoms with van der Waals surface area (Å²) in [4.78, 5) is 4.39. The number of rotatable bonds is 4. The van der Waals surface area contributed by atoms with Gasteiger partial charge in [-0.05, 0) is 62.4 Å². The Balaban J connectivity index is 1.73. The van der Waals surface area contributed by atoms with E-state index in [9.17, 15) is 13.2 Å². The molecule has 0 amide bonds. The molecule has 0 bridgehead atoms. The number of fused-ring (bicyclic) bond motifs is 2. The molecule has 24 heavy (non-hydrogen) atoms. The molecule has 3 N–H and O–H groups in total. The summed E-state index contributed by atoms with van der Waals surface area (Å²) in [6.45, 7) is 2.20. The van der Waals surface area contributed by atoms with Gasteiger partial charge < -0.3 is 15.8 Å². The van der Waals surface area contributed by atoms with Crippen LogP contribution in [0.2, 0.25) is 0 Å². The van der Waals surface area contributed by atoms with E-state index in [4.69, 9.17) is 10.5 Å². The summed E-state index contributed by atoms with van der Waals surface area (Å²) in [6.07, 6.45) is -2.14. The van der Waals surface area contributed by atoms with Crippen molar-refractivity contribution in [3.05, 3.63) is 23.3 Å². The standard InChI is InChI=1S/C17H22F3N3O/c1-10-16(21)23-14-9-12-11(8-15(14)24-10)4-2-5-13(12)22-7-3-6-17(18,19)20/h8-10,13,22H,2-7H2,1H3,(H2,21,23)/t10-,13+/m0/s1. The van der Waals surface area contributed by atoms with Gasteiger partial charge >= 0.3 is 6.18 Å². The number of nitrogens with zero attached hydrogens (tertiary/aromatic N) is 1. The lowest BCUT2D eigenvalue weighted by atomic mass is 9.86. The topological polar surface area (TPSA) is 59.6 Å². The number of nitrogens with one attached hydrogen (secondary N) is 1. The van der Waals surface area contributed by atoms with E-state index in [0.717, 1.165) is 30.6 Å². The number of alkyl halides is 3. The fourth-order valence-corrected chi connectivity index (χ4v) is 3.26. The molecule has 2 atom stereocenters. The number of amidine groups is 1. The van der Waals surface area contributed by atoms with Crippen LogP contribution < -0.4 is 15.8 Å². The van der Waals surface area contributed by atoms with Gasteiger partial charge in [-0.25, -0.2) is 4.99 Å². The Labute approximate surface area is 139 Å². The normalized spacial score (nSPS) is 23.1. The monoisotopic (exact) mass is 341 g/mol. The first-order valence-electron chi connectivity index (χ1n) is 8.31. The predicted molar refractivity (Wildman–Crippen MR) is 86.8 cm³/mol. The van der Waals surface area contributed by atoms with E-state index < -0.39 is 12.6 Å². The van der Waals surface area contributed by atoms with Crippen LogP contribution in [0, 0.1) is 0 Å². The zero-order valence-corrected chi connectivity index (χ0v) is 13.6. The van der Waals surface area contributed by atoms with E-state index in [-0.39, 0.29) is 18.6 Å². The molecule has 0 spiro atoms. The Morgan fingerprint density at radius 2 is 2.17 bits per heavy atom. The molecule has 1 aliphatic heterocycles. The van der Waals surface area contributed by atoms with Gasteiger partial charge in [-0.2, -0.15) is 13.2 Å². The fraction of sp³-hybridized carbons (Fsp3) is 0.588. The van der Waals surface area contributed by atoms with Crippen LogP contribution >= 0.6 is 0 Å². The number of ether oxygens (including phenoxy) is 1. The van der Waals surface area contributed by atoms with Crippen LogP contribution in [0.25, 0.3) is 0 Å². The Kier molecular flexibility index (Phi) is 4.71. The van der Waals surface area contributed by atoms with Gasteiger partial charge in [0.2, 0.25) is 0 Å². The van der Waals surface area contributed by atoms with Crippen molar-refractivity contribution < 1.29 is 17.9 Å². The Morgan fingerprint density at radius 1 is 1.38 bits per heavy atom. The summed E-state index contributed by atoms with van der Waals surface area (Å²) in [7, 11) is 0.